The van der Waals surface area contributed by atoms with E-state index in [-0.39, 0.29) is 0 Å². The fourth-order valence-corrected chi connectivity index (χ4v) is 1.74. The number of hydrogen-bond acceptors (Lipinski definition) is 1. The summed E-state index contributed by atoms with van der Waals surface area (Å²) in [7, 11) is 0. The highest BCUT2D eigenvalue weighted by Gasteiger charge is 2.00. The highest BCUT2D eigenvalue weighted by atomic mass is 14.2. The van der Waals surface area contributed by atoms with Crippen LogP contribution in [0.1, 0.15) is 22.3 Å². The maximum absolute atomic E-state index is 9.25. The first kappa shape index (κ1) is 12.1. The van der Waals surface area contributed by atoms with Gasteiger partial charge in [0.1, 0.15) is 0 Å². The Morgan fingerprint density at radius 2 is 1.39 bits per heavy atom. The molecule has 0 aliphatic carbocycles. The van der Waals surface area contributed by atoms with E-state index in [9.17, 15) is 5.26 Å². The molecular formula is C17H15N. The van der Waals surface area contributed by atoms with Crippen LogP contribution in [0.4, 0.5) is 0 Å². The molecule has 0 N–H and O–H groups in total. The molecule has 88 valence electrons. The van der Waals surface area contributed by atoms with E-state index in [1.165, 1.54) is 11.1 Å². The molecule has 0 aliphatic heterocycles. The molecule has 0 unspecified atom stereocenters. The van der Waals surface area contributed by atoms with Crippen LogP contribution in [0.2, 0.25) is 0 Å². The minimum absolute atomic E-state index is 0.693. The van der Waals surface area contributed by atoms with Gasteiger partial charge in [-0.3, -0.25) is 0 Å². The van der Waals surface area contributed by atoms with Crippen LogP contribution in [0.25, 0.3) is 11.6 Å². The minimum atomic E-state index is 0.693. The number of allylic oxidation sites excluding steroid dienone is 1. The molecule has 0 aliphatic rings. The first-order valence-corrected chi connectivity index (χ1v) is 5.94. The predicted molar refractivity (Wildman–Crippen MR) is 75.8 cm³/mol. The molecule has 1 nitrogen and oxygen atoms in total. The lowest BCUT2D eigenvalue weighted by Gasteiger charge is -2.01. The number of aryl methyl sites for hydroxylation is 2. The number of nitrogens with zero attached hydrogens (tertiary/aromatic N) is 1. The van der Waals surface area contributed by atoms with Crippen molar-refractivity contribution in [3.05, 3.63) is 70.8 Å². The summed E-state index contributed by atoms with van der Waals surface area (Å²) in [5, 5.41) is 9.25. The number of nitriles is 1. The van der Waals surface area contributed by atoms with Gasteiger partial charge >= 0.3 is 0 Å². The molecule has 2 rings (SSSR count). The van der Waals surface area contributed by atoms with E-state index in [0.29, 0.717) is 5.57 Å². The van der Waals surface area contributed by atoms with E-state index < -0.39 is 0 Å². The van der Waals surface area contributed by atoms with Gasteiger partial charge in [0, 0.05) is 0 Å². The molecule has 0 atom stereocenters. The Labute approximate surface area is 108 Å². The number of benzene rings is 2. The Morgan fingerprint density at radius 3 is 1.89 bits per heavy atom. The van der Waals surface area contributed by atoms with E-state index in [1.54, 1.807) is 0 Å². The van der Waals surface area contributed by atoms with Crippen molar-refractivity contribution in [1.82, 2.24) is 0 Å². The minimum Gasteiger partial charge on any atom is -0.192 e. The van der Waals surface area contributed by atoms with Crippen molar-refractivity contribution < 1.29 is 0 Å². The number of hydrogen-bond donors (Lipinski definition) is 0. The quantitative estimate of drug-likeness (QED) is 0.558. The lowest BCUT2D eigenvalue weighted by Crippen LogP contribution is -1.83. The summed E-state index contributed by atoms with van der Waals surface area (Å²) < 4.78 is 0. The Hall–Kier alpha value is -2.33. The Kier molecular flexibility index (Phi) is 3.60. The molecule has 2 aromatic rings. The second-order valence-corrected chi connectivity index (χ2v) is 4.45. The molecule has 0 heterocycles. The van der Waals surface area contributed by atoms with Crippen molar-refractivity contribution >= 4 is 11.6 Å². The van der Waals surface area contributed by atoms with Crippen LogP contribution in [0, 0.1) is 25.2 Å². The fraction of sp³-hybridized carbons (Fsp3) is 0.118. The van der Waals surface area contributed by atoms with Gasteiger partial charge in [-0.2, -0.15) is 5.26 Å². The summed E-state index contributed by atoms with van der Waals surface area (Å²) in [5.41, 5.74) is 5.13. The van der Waals surface area contributed by atoms with Gasteiger partial charge in [-0.05, 0) is 31.1 Å². The molecule has 0 saturated heterocycles. The third-order valence-corrected chi connectivity index (χ3v) is 2.87. The van der Waals surface area contributed by atoms with Crippen molar-refractivity contribution in [2.75, 3.05) is 0 Å². The van der Waals surface area contributed by atoms with Gasteiger partial charge in [0.15, 0.2) is 0 Å². The summed E-state index contributed by atoms with van der Waals surface area (Å²) in [4.78, 5) is 0. The molecule has 0 radical (unpaired) electrons. The van der Waals surface area contributed by atoms with Gasteiger partial charge in [0.2, 0.25) is 0 Å². The Morgan fingerprint density at radius 1 is 0.889 bits per heavy atom. The predicted octanol–water partition coefficient (Wildman–Crippen LogP) is 4.37. The maximum Gasteiger partial charge on any atom is 0.0998 e. The first-order valence-electron chi connectivity index (χ1n) is 5.94. The van der Waals surface area contributed by atoms with E-state index in [2.05, 4.69) is 25.1 Å². The van der Waals surface area contributed by atoms with Gasteiger partial charge in [0.05, 0.1) is 11.6 Å². The van der Waals surface area contributed by atoms with Crippen molar-refractivity contribution in [2.24, 2.45) is 0 Å². The third kappa shape index (κ3) is 2.87. The van der Waals surface area contributed by atoms with Gasteiger partial charge in [-0.15, -0.1) is 0 Å². The Bertz CT molecular complexity index is 596. The molecule has 0 spiro atoms. The standard InChI is InChI=1S/C17H15N/c1-13-3-7-15(8-4-13)11-17(12-18)16-9-5-14(2)6-10-16/h3-11H,1-2H3. The summed E-state index contributed by atoms with van der Waals surface area (Å²) >= 11 is 0. The average molecular weight is 233 g/mol. The molecule has 0 aromatic heterocycles. The molecule has 0 amide bonds. The van der Waals surface area contributed by atoms with Gasteiger partial charge < -0.3 is 0 Å². The molecule has 0 bridgehead atoms. The van der Waals surface area contributed by atoms with Crippen LogP contribution in [-0.2, 0) is 0 Å². The normalized spacial score (nSPS) is 11.1. The highest BCUT2D eigenvalue weighted by molar-refractivity contribution is 5.89. The molecule has 0 saturated carbocycles. The van der Waals surface area contributed by atoms with Gasteiger partial charge in [0.25, 0.3) is 0 Å². The second-order valence-electron chi connectivity index (χ2n) is 4.45. The Balaban J connectivity index is 2.37. The SMILES string of the molecule is Cc1ccc(C=C(C#N)c2ccc(C)cc2)cc1. The zero-order valence-corrected chi connectivity index (χ0v) is 10.6. The van der Waals surface area contributed by atoms with Crippen molar-refractivity contribution in [2.45, 2.75) is 13.8 Å². The van der Waals surface area contributed by atoms with Crippen molar-refractivity contribution in [1.29, 1.82) is 5.26 Å². The van der Waals surface area contributed by atoms with E-state index >= 15 is 0 Å². The summed E-state index contributed by atoms with van der Waals surface area (Å²) in [6.07, 6.45) is 1.92. The van der Waals surface area contributed by atoms with Crippen LogP contribution in [-0.4, -0.2) is 0 Å². The zero-order chi connectivity index (χ0) is 13.0. The van der Waals surface area contributed by atoms with Crippen molar-refractivity contribution in [3.63, 3.8) is 0 Å². The lowest BCUT2D eigenvalue weighted by atomic mass is 10.0. The van der Waals surface area contributed by atoms with Crippen LogP contribution in [0.5, 0.6) is 0 Å². The maximum atomic E-state index is 9.25. The van der Waals surface area contributed by atoms with Gasteiger partial charge in [-0.1, -0.05) is 59.7 Å². The molecule has 2 aromatic carbocycles. The van der Waals surface area contributed by atoms with Crippen LogP contribution in [0.15, 0.2) is 48.5 Å². The van der Waals surface area contributed by atoms with Crippen LogP contribution in [0.3, 0.4) is 0 Å². The monoisotopic (exact) mass is 233 g/mol. The lowest BCUT2D eigenvalue weighted by molar-refractivity contribution is 1.45. The van der Waals surface area contributed by atoms with E-state index in [1.807, 2.05) is 49.4 Å². The zero-order valence-electron chi connectivity index (χ0n) is 10.6. The highest BCUT2D eigenvalue weighted by Crippen LogP contribution is 2.18. The molecule has 18 heavy (non-hydrogen) atoms. The smallest absolute Gasteiger partial charge is 0.0998 e. The molecule has 0 fully saturated rings. The summed E-state index contributed by atoms with van der Waals surface area (Å²) in [6, 6.07) is 18.4. The number of rotatable bonds is 2. The fourth-order valence-electron chi connectivity index (χ4n) is 1.74. The van der Waals surface area contributed by atoms with Gasteiger partial charge in [-0.25, -0.2) is 0 Å². The summed E-state index contributed by atoms with van der Waals surface area (Å²) in [5.74, 6) is 0. The first-order chi connectivity index (χ1) is 8.69. The largest absolute Gasteiger partial charge is 0.192 e. The summed E-state index contributed by atoms with van der Waals surface area (Å²) in [6.45, 7) is 4.10. The van der Waals surface area contributed by atoms with Crippen LogP contribution >= 0.6 is 0 Å². The average Bonchev–Trinajstić information content (AvgIpc) is 2.39. The van der Waals surface area contributed by atoms with Crippen LogP contribution < -0.4 is 0 Å². The third-order valence-electron chi connectivity index (χ3n) is 2.87. The van der Waals surface area contributed by atoms with Crippen molar-refractivity contribution in [3.8, 4) is 6.07 Å². The van der Waals surface area contributed by atoms with E-state index in [0.717, 1.165) is 11.1 Å². The molecule has 1 heteroatoms. The molecular weight excluding hydrogens is 218 g/mol. The second kappa shape index (κ2) is 5.33. The topological polar surface area (TPSA) is 23.8 Å². The van der Waals surface area contributed by atoms with E-state index in [4.69, 9.17) is 0 Å².